The molecule has 3 rings (SSSR count). The third-order valence-electron chi connectivity index (χ3n) is 4.37. The Kier molecular flexibility index (Phi) is 6.85. The van der Waals surface area contributed by atoms with Crippen molar-refractivity contribution in [3.8, 4) is 11.5 Å². The Hall–Kier alpha value is -3.47. The largest absolute Gasteiger partial charge is 0.493 e. The molecule has 1 N–H and O–H groups in total. The van der Waals surface area contributed by atoms with Gasteiger partial charge in [-0.05, 0) is 31.7 Å². The first kappa shape index (κ1) is 22.2. The fraction of sp³-hybridized carbons (Fsp3) is 0.350. The summed E-state index contributed by atoms with van der Waals surface area (Å²) in [5.41, 5.74) is 1.24. The number of carbonyl (C=O) groups is 1. The Morgan fingerprint density at radius 1 is 1.26 bits per heavy atom. The number of alkyl halides is 2. The van der Waals surface area contributed by atoms with Crippen molar-refractivity contribution in [2.24, 2.45) is 0 Å². The van der Waals surface area contributed by atoms with Gasteiger partial charge in [-0.15, -0.1) is 0 Å². The Morgan fingerprint density at radius 2 is 2.03 bits per heavy atom. The van der Waals surface area contributed by atoms with Gasteiger partial charge in [0, 0.05) is 25.4 Å². The standard InChI is InChI=1S/C20H22F2N4O5/c1-4-30-19(28)14-9-23-26-17(27)8-13(24-18(14)26)11-25(2)10-12-5-6-15(31-20(21)22)16(7-12)29-3/h5-9,20,23H,4,10-11H2,1-3H3. The zero-order valence-electron chi connectivity index (χ0n) is 17.2. The summed E-state index contributed by atoms with van der Waals surface area (Å²) in [7, 11) is 3.18. The SMILES string of the molecule is CCOC(=O)c1c[nH]n2c(=O)cc(CN(C)Cc3ccc(OC(F)F)c(OC)c3)nc12. The number of halogens is 2. The molecular weight excluding hydrogens is 414 g/mol. The lowest BCUT2D eigenvalue weighted by Crippen LogP contribution is -2.22. The van der Waals surface area contributed by atoms with Gasteiger partial charge in [-0.1, -0.05) is 6.07 Å². The fourth-order valence-electron chi connectivity index (χ4n) is 3.12. The summed E-state index contributed by atoms with van der Waals surface area (Å²) >= 11 is 0. The molecular formula is C20H22F2N4O5. The van der Waals surface area contributed by atoms with Crippen LogP contribution in [0.2, 0.25) is 0 Å². The van der Waals surface area contributed by atoms with Crippen molar-refractivity contribution in [2.45, 2.75) is 26.6 Å². The minimum Gasteiger partial charge on any atom is -0.493 e. The van der Waals surface area contributed by atoms with Crippen LogP contribution in [0.25, 0.3) is 5.65 Å². The molecule has 31 heavy (non-hydrogen) atoms. The molecule has 0 atom stereocenters. The van der Waals surface area contributed by atoms with E-state index in [2.05, 4.69) is 14.8 Å². The van der Waals surface area contributed by atoms with Crippen LogP contribution in [0.1, 0.15) is 28.5 Å². The maximum atomic E-state index is 12.5. The van der Waals surface area contributed by atoms with E-state index in [1.807, 2.05) is 11.9 Å². The second kappa shape index (κ2) is 9.56. The third-order valence-corrected chi connectivity index (χ3v) is 4.37. The fourth-order valence-corrected chi connectivity index (χ4v) is 3.12. The molecule has 0 radical (unpaired) electrons. The van der Waals surface area contributed by atoms with Gasteiger partial charge in [0.2, 0.25) is 0 Å². The maximum absolute atomic E-state index is 12.5. The summed E-state index contributed by atoms with van der Waals surface area (Å²) in [5, 5.41) is 2.70. The van der Waals surface area contributed by atoms with Crippen LogP contribution in [0, 0.1) is 0 Å². The van der Waals surface area contributed by atoms with E-state index >= 15 is 0 Å². The third kappa shape index (κ3) is 5.18. The molecule has 0 aliphatic rings. The predicted molar refractivity (Wildman–Crippen MR) is 107 cm³/mol. The molecule has 166 valence electrons. The zero-order chi connectivity index (χ0) is 22.5. The van der Waals surface area contributed by atoms with E-state index in [-0.39, 0.29) is 34.9 Å². The second-order valence-corrected chi connectivity index (χ2v) is 6.69. The molecule has 0 aliphatic heterocycles. The number of methoxy groups -OCH3 is 1. The van der Waals surface area contributed by atoms with Crippen molar-refractivity contribution < 1.29 is 27.8 Å². The van der Waals surface area contributed by atoms with Crippen LogP contribution in [0.5, 0.6) is 11.5 Å². The molecule has 9 nitrogen and oxygen atoms in total. The summed E-state index contributed by atoms with van der Waals surface area (Å²) in [5.74, 6) is -0.435. The van der Waals surface area contributed by atoms with E-state index in [0.29, 0.717) is 18.8 Å². The number of aromatic amines is 1. The summed E-state index contributed by atoms with van der Waals surface area (Å²) in [6.45, 7) is -0.335. The van der Waals surface area contributed by atoms with Crippen LogP contribution >= 0.6 is 0 Å². The maximum Gasteiger partial charge on any atom is 0.387 e. The van der Waals surface area contributed by atoms with Gasteiger partial charge >= 0.3 is 12.6 Å². The van der Waals surface area contributed by atoms with Gasteiger partial charge in [0.1, 0.15) is 5.56 Å². The van der Waals surface area contributed by atoms with Crippen molar-refractivity contribution in [3.05, 3.63) is 57.6 Å². The normalized spacial score (nSPS) is 11.3. The van der Waals surface area contributed by atoms with Crippen molar-refractivity contribution in [3.63, 3.8) is 0 Å². The van der Waals surface area contributed by atoms with Gasteiger partial charge in [-0.3, -0.25) is 14.8 Å². The van der Waals surface area contributed by atoms with Crippen LogP contribution in [0.15, 0.2) is 35.3 Å². The van der Waals surface area contributed by atoms with Crippen molar-refractivity contribution in [1.82, 2.24) is 19.5 Å². The quantitative estimate of drug-likeness (QED) is 0.515. The molecule has 0 fully saturated rings. The average Bonchev–Trinajstić information content (AvgIpc) is 3.13. The Labute approximate surface area is 176 Å². The number of rotatable bonds is 9. The monoisotopic (exact) mass is 436 g/mol. The van der Waals surface area contributed by atoms with Gasteiger partial charge in [-0.2, -0.15) is 8.78 Å². The molecule has 1 aromatic carbocycles. The Balaban J connectivity index is 1.78. The summed E-state index contributed by atoms with van der Waals surface area (Å²) in [4.78, 5) is 30.8. The summed E-state index contributed by atoms with van der Waals surface area (Å²) in [6.07, 6.45) is 1.38. The van der Waals surface area contributed by atoms with Gasteiger partial charge in [0.05, 0.1) is 19.4 Å². The van der Waals surface area contributed by atoms with Crippen molar-refractivity contribution in [2.75, 3.05) is 20.8 Å². The molecule has 0 saturated heterocycles. The molecule has 0 saturated carbocycles. The zero-order valence-corrected chi connectivity index (χ0v) is 17.2. The van der Waals surface area contributed by atoms with Gasteiger partial charge in [0.15, 0.2) is 17.1 Å². The number of aromatic nitrogens is 3. The van der Waals surface area contributed by atoms with Crippen LogP contribution in [-0.2, 0) is 17.8 Å². The highest BCUT2D eigenvalue weighted by molar-refractivity contribution is 5.95. The van der Waals surface area contributed by atoms with Gasteiger partial charge < -0.3 is 14.2 Å². The molecule has 11 heteroatoms. The summed E-state index contributed by atoms with van der Waals surface area (Å²) in [6, 6.07) is 6.03. The summed E-state index contributed by atoms with van der Waals surface area (Å²) < 4.78 is 40.7. The molecule has 0 bridgehead atoms. The first-order valence-corrected chi connectivity index (χ1v) is 9.39. The number of nitrogens with one attached hydrogen (secondary N) is 1. The number of hydrogen-bond acceptors (Lipinski definition) is 7. The van der Waals surface area contributed by atoms with Crippen LogP contribution in [0.3, 0.4) is 0 Å². The highest BCUT2D eigenvalue weighted by atomic mass is 19.3. The van der Waals surface area contributed by atoms with Gasteiger partial charge in [0.25, 0.3) is 5.56 Å². The number of nitrogens with zero attached hydrogens (tertiary/aromatic N) is 3. The lowest BCUT2D eigenvalue weighted by Gasteiger charge is -2.18. The number of hydrogen-bond donors (Lipinski definition) is 1. The van der Waals surface area contributed by atoms with E-state index in [0.717, 1.165) is 5.56 Å². The lowest BCUT2D eigenvalue weighted by atomic mass is 10.2. The smallest absolute Gasteiger partial charge is 0.387 e. The van der Waals surface area contributed by atoms with E-state index in [9.17, 15) is 18.4 Å². The minimum absolute atomic E-state index is 0.0528. The molecule has 2 aromatic heterocycles. The first-order chi connectivity index (χ1) is 14.8. The van der Waals surface area contributed by atoms with E-state index in [1.54, 1.807) is 19.1 Å². The molecule has 2 heterocycles. The number of carbonyl (C=O) groups excluding carboxylic acids is 1. The molecule has 0 spiro atoms. The average molecular weight is 436 g/mol. The number of ether oxygens (including phenoxy) is 3. The Morgan fingerprint density at radius 3 is 2.71 bits per heavy atom. The predicted octanol–water partition coefficient (Wildman–Crippen LogP) is 2.44. The highest BCUT2D eigenvalue weighted by Gasteiger charge is 2.17. The topological polar surface area (TPSA) is 98.2 Å². The van der Waals surface area contributed by atoms with Crippen molar-refractivity contribution in [1.29, 1.82) is 0 Å². The molecule has 3 aromatic rings. The molecule has 0 aliphatic carbocycles. The van der Waals surface area contributed by atoms with Crippen LogP contribution < -0.4 is 15.0 Å². The Bertz CT molecular complexity index is 1130. The van der Waals surface area contributed by atoms with Crippen LogP contribution in [-0.4, -0.2) is 52.8 Å². The first-order valence-electron chi connectivity index (χ1n) is 9.39. The van der Waals surface area contributed by atoms with E-state index < -0.39 is 12.6 Å². The van der Waals surface area contributed by atoms with E-state index in [1.165, 1.54) is 30.0 Å². The second-order valence-electron chi connectivity index (χ2n) is 6.69. The molecule has 0 unspecified atom stereocenters. The number of benzene rings is 1. The molecule has 0 amide bonds. The lowest BCUT2D eigenvalue weighted by molar-refractivity contribution is -0.0512. The number of esters is 1. The number of fused-ring (bicyclic) bond motifs is 1. The minimum atomic E-state index is -2.95. The van der Waals surface area contributed by atoms with Gasteiger partial charge in [-0.25, -0.2) is 14.3 Å². The highest BCUT2D eigenvalue weighted by Crippen LogP contribution is 2.29. The number of H-pyrrole nitrogens is 1. The van der Waals surface area contributed by atoms with Crippen LogP contribution in [0.4, 0.5) is 8.78 Å². The van der Waals surface area contributed by atoms with E-state index in [4.69, 9.17) is 9.47 Å². The van der Waals surface area contributed by atoms with Crippen molar-refractivity contribution >= 4 is 11.6 Å².